The largest absolute Gasteiger partial charge is 0.497 e. The van der Waals surface area contributed by atoms with Crippen molar-refractivity contribution in [2.24, 2.45) is 0 Å². The smallest absolute Gasteiger partial charge is 0.231 e. The Labute approximate surface area is 79.6 Å². The Balaban J connectivity index is 0.000000671. The first kappa shape index (κ1) is 11.6. The number of aromatic nitrogens is 1. The Bertz CT molecular complexity index is 244. The summed E-state index contributed by atoms with van der Waals surface area (Å²) < 4.78 is 1.53. The number of hydrogen-bond acceptors (Lipinski definition) is 1. The molecule has 0 atom stereocenters. The summed E-state index contributed by atoms with van der Waals surface area (Å²) in [5, 5.41) is 0. The van der Waals surface area contributed by atoms with Crippen LogP contribution in [-0.4, -0.2) is 25.0 Å². The third kappa shape index (κ3) is 3.69. The minimum Gasteiger partial charge on any atom is -0.231 e. The third-order valence-electron chi connectivity index (χ3n) is 1.32. The number of carbonyl (C=O) groups is 1. The quantitative estimate of drug-likeness (QED) is 0.557. The lowest BCUT2D eigenvalue weighted by atomic mass is 10.5. The van der Waals surface area contributed by atoms with Crippen LogP contribution in [0.2, 0.25) is 0 Å². The van der Waals surface area contributed by atoms with E-state index in [0.29, 0.717) is 0 Å². The highest BCUT2D eigenvalue weighted by atomic mass is 16.2. The van der Waals surface area contributed by atoms with Gasteiger partial charge in [-0.2, -0.15) is 9.36 Å². The lowest BCUT2D eigenvalue weighted by molar-refractivity contribution is -0.577. The second-order valence-electron chi connectivity index (χ2n) is 2.46. The van der Waals surface area contributed by atoms with Gasteiger partial charge in [-0.3, -0.25) is 0 Å². The number of hydrogen-bond donors (Lipinski definition) is 0. The summed E-state index contributed by atoms with van der Waals surface area (Å²) in [6, 6.07) is 5.48. The van der Waals surface area contributed by atoms with E-state index in [4.69, 9.17) is 0 Å². The maximum atomic E-state index is 11.2. The monoisotopic (exact) mass is 181 g/mol. The molecule has 0 saturated heterocycles. The standard InChI is InChI=1S/C8H11N2O.C2H6/c1-9(2)8(11)10-6-4-3-5-7-10;1-2/h3-7H,1-2H3;1-2H3/q+1;. The third-order valence-corrected chi connectivity index (χ3v) is 1.32. The van der Waals surface area contributed by atoms with Crippen molar-refractivity contribution in [1.82, 2.24) is 4.90 Å². The van der Waals surface area contributed by atoms with E-state index in [1.807, 2.05) is 32.0 Å². The minimum absolute atomic E-state index is 0.0365. The second-order valence-corrected chi connectivity index (χ2v) is 2.46. The zero-order valence-electron chi connectivity index (χ0n) is 8.69. The zero-order chi connectivity index (χ0) is 10.3. The Hall–Kier alpha value is -1.38. The summed E-state index contributed by atoms with van der Waals surface area (Å²) >= 11 is 0. The van der Waals surface area contributed by atoms with Gasteiger partial charge in [0.05, 0.1) is 26.5 Å². The van der Waals surface area contributed by atoms with Crippen LogP contribution in [-0.2, 0) is 0 Å². The van der Waals surface area contributed by atoms with Crippen molar-refractivity contribution < 1.29 is 9.36 Å². The van der Waals surface area contributed by atoms with Crippen molar-refractivity contribution >= 4 is 6.03 Å². The van der Waals surface area contributed by atoms with Crippen molar-refractivity contribution in [3.8, 4) is 0 Å². The van der Waals surface area contributed by atoms with Gasteiger partial charge in [-0.25, -0.2) is 4.90 Å². The van der Waals surface area contributed by atoms with Gasteiger partial charge < -0.3 is 0 Å². The van der Waals surface area contributed by atoms with Gasteiger partial charge in [0.2, 0.25) is 0 Å². The normalized spacial score (nSPS) is 8.31. The molecule has 0 fully saturated rings. The Morgan fingerprint density at radius 1 is 1.08 bits per heavy atom. The summed E-state index contributed by atoms with van der Waals surface area (Å²) in [5.74, 6) is 0. The predicted molar refractivity (Wildman–Crippen MR) is 52.5 cm³/mol. The molecule has 1 rings (SSSR count). The van der Waals surface area contributed by atoms with E-state index in [9.17, 15) is 4.79 Å². The van der Waals surface area contributed by atoms with Crippen molar-refractivity contribution in [2.45, 2.75) is 13.8 Å². The first-order chi connectivity index (χ1) is 6.22. The fourth-order valence-electron chi connectivity index (χ4n) is 0.757. The number of rotatable bonds is 0. The van der Waals surface area contributed by atoms with Crippen LogP contribution in [0.15, 0.2) is 30.6 Å². The van der Waals surface area contributed by atoms with Gasteiger partial charge in [0.1, 0.15) is 0 Å². The molecule has 0 N–H and O–H groups in total. The van der Waals surface area contributed by atoms with Crippen LogP contribution in [0.1, 0.15) is 13.8 Å². The van der Waals surface area contributed by atoms with Crippen molar-refractivity contribution in [2.75, 3.05) is 14.1 Å². The summed E-state index contributed by atoms with van der Waals surface area (Å²) in [5.41, 5.74) is 0. The molecule has 0 aliphatic carbocycles. The second kappa shape index (κ2) is 6.17. The maximum absolute atomic E-state index is 11.2. The molecule has 0 unspecified atom stereocenters. The van der Waals surface area contributed by atoms with Crippen molar-refractivity contribution in [3.63, 3.8) is 0 Å². The molecular formula is C10H17N2O+. The minimum atomic E-state index is -0.0365. The van der Waals surface area contributed by atoms with Crippen LogP contribution < -0.4 is 4.57 Å². The Morgan fingerprint density at radius 3 is 1.92 bits per heavy atom. The van der Waals surface area contributed by atoms with Gasteiger partial charge in [0.15, 0.2) is 0 Å². The van der Waals surface area contributed by atoms with Crippen LogP contribution in [0.3, 0.4) is 0 Å². The summed E-state index contributed by atoms with van der Waals surface area (Å²) in [7, 11) is 3.45. The molecule has 13 heavy (non-hydrogen) atoms. The molecule has 0 aliphatic rings. The highest BCUT2D eigenvalue weighted by Gasteiger charge is 2.13. The molecule has 0 aromatic carbocycles. The fourth-order valence-corrected chi connectivity index (χ4v) is 0.757. The number of carbonyl (C=O) groups excluding carboxylic acids is 1. The molecule has 1 heterocycles. The molecule has 1 aromatic heterocycles. The maximum Gasteiger partial charge on any atom is 0.497 e. The molecule has 0 aliphatic heterocycles. The van der Waals surface area contributed by atoms with Crippen LogP contribution in [0.4, 0.5) is 4.79 Å². The molecule has 1 aromatic rings. The molecule has 0 bridgehead atoms. The fraction of sp³-hybridized carbons (Fsp3) is 0.400. The van der Waals surface area contributed by atoms with E-state index in [0.717, 1.165) is 0 Å². The Morgan fingerprint density at radius 2 is 1.54 bits per heavy atom. The van der Waals surface area contributed by atoms with E-state index in [1.165, 1.54) is 9.47 Å². The van der Waals surface area contributed by atoms with E-state index in [1.54, 1.807) is 26.5 Å². The van der Waals surface area contributed by atoms with E-state index in [2.05, 4.69) is 0 Å². The van der Waals surface area contributed by atoms with Gasteiger partial charge in [-0.15, -0.1) is 0 Å². The molecule has 3 nitrogen and oxygen atoms in total. The van der Waals surface area contributed by atoms with Crippen molar-refractivity contribution in [1.29, 1.82) is 0 Å². The van der Waals surface area contributed by atoms with Gasteiger partial charge in [0.25, 0.3) is 0 Å². The summed E-state index contributed by atoms with van der Waals surface area (Å²) in [6.45, 7) is 4.00. The van der Waals surface area contributed by atoms with Gasteiger partial charge >= 0.3 is 6.03 Å². The molecule has 3 heteroatoms. The van der Waals surface area contributed by atoms with Crippen molar-refractivity contribution in [3.05, 3.63) is 30.6 Å². The number of pyridine rings is 1. The van der Waals surface area contributed by atoms with Crippen LogP contribution in [0.25, 0.3) is 0 Å². The van der Waals surface area contributed by atoms with Crippen LogP contribution >= 0.6 is 0 Å². The lowest BCUT2D eigenvalue weighted by Crippen LogP contribution is -2.48. The van der Waals surface area contributed by atoms with E-state index >= 15 is 0 Å². The first-order valence-electron chi connectivity index (χ1n) is 4.40. The zero-order valence-corrected chi connectivity index (χ0v) is 8.69. The summed E-state index contributed by atoms with van der Waals surface area (Å²) in [4.78, 5) is 12.8. The average molecular weight is 181 g/mol. The molecule has 0 radical (unpaired) electrons. The first-order valence-corrected chi connectivity index (χ1v) is 4.40. The van der Waals surface area contributed by atoms with Gasteiger partial charge in [-0.05, 0) is 12.1 Å². The predicted octanol–water partition coefficient (Wildman–Crippen LogP) is 1.53. The van der Waals surface area contributed by atoms with Crippen LogP contribution in [0.5, 0.6) is 0 Å². The molecule has 0 spiro atoms. The molecule has 1 amide bonds. The Kier molecular flexibility index (Phi) is 5.52. The SMILES string of the molecule is CC.CN(C)C(=O)[n+]1ccccc1. The summed E-state index contributed by atoms with van der Waals surface area (Å²) in [6.07, 6.45) is 3.45. The number of amides is 1. The van der Waals surface area contributed by atoms with Gasteiger partial charge in [-0.1, -0.05) is 19.9 Å². The lowest BCUT2D eigenvalue weighted by Gasteiger charge is -2.01. The average Bonchev–Trinajstić information content (AvgIpc) is 2.21. The van der Waals surface area contributed by atoms with E-state index in [-0.39, 0.29) is 6.03 Å². The topological polar surface area (TPSA) is 24.2 Å². The molecule has 72 valence electrons. The molecule has 0 saturated carbocycles. The van der Waals surface area contributed by atoms with E-state index < -0.39 is 0 Å². The highest BCUT2D eigenvalue weighted by molar-refractivity contribution is 5.63. The molecular weight excluding hydrogens is 164 g/mol. The number of nitrogens with zero attached hydrogens (tertiary/aromatic N) is 2. The highest BCUT2D eigenvalue weighted by Crippen LogP contribution is 1.80. The van der Waals surface area contributed by atoms with Crippen LogP contribution in [0, 0.1) is 0 Å². The van der Waals surface area contributed by atoms with Gasteiger partial charge in [0, 0.05) is 0 Å².